The van der Waals surface area contributed by atoms with Gasteiger partial charge >= 0.3 is 0 Å². The molecule has 0 bridgehead atoms. The zero-order chi connectivity index (χ0) is 19.4. The molecule has 5 nitrogen and oxygen atoms in total. The van der Waals surface area contributed by atoms with Crippen molar-refractivity contribution >= 4 is 21.6 Å². The van der Waals surface area contributed by atoms with E-state index in [0.29, 0.717) is 5.69 Å². The lowest BCUT2D eigenvalue weighted by Gasteiger charge is -2.25. The number of anilines is 1. The highest BCUT2D eigenvalue weighted by atomic mass is 32.2. The maximum Gasteiger partial charge on any atom is 0.264 e. The molecule has 0 atom stereocenters. The summed E-state index contributed by atoms with van der Waals surface area (Å²) >= 11 is 0. The molecule has 0 aromatic heterocycles. The predicted molar refractivity (Wildman–Crippen MR) is 103 cm³/mol. The molecule has 1 aliphatic carbocycles. The van der Waals surface area contributed by atoms with Gasteiger partial charge in [0.05, 0.1) is 10.6 Å². The lowest BCUT2D eigenvalue weighted by atomic mass is 10.2. The normalized spacial score (nSPS) is 14.9. The molecule has 0 aliphatic heterocycles. The molecule has 0 heterocycles. The highest BCUT2D eigenvalue weighted by molar-refractivity contribution is 7.92. The number of halogens is 1. The molecule has 1 saturated carbocycles. The van der Waals surface area contributed by atoms with E-state index in [1.807, 2.05) is 6.92 Å². The van der Waals surface area contributed by atoms with Crippen LogP contribution in [0.5, 0.6) is 0 Å². The smallest absolute Gasteiger partial charge is 0.264 e. The van der Waals surface area contributed by atoms with Crippen LogP contribution in [0.4, 0.5) is 10.1 Å². The van der Waals surface area contributed by atoms with Gasteiger partial charge in [-0.1, -0.05) is 30.5 Å². The molecule has 1 aliphatic rings. The van der Waals surface area contributed by atoms with Gasteiger partial charge in [-0.2, -0.15) is 0 Å². The molecule has 1 amide bonds. The molecular formula is C20H23FN2O3S. The molecule has 1 fully saturated rings. The first-order valence-corrected chi connectivity index (χ1v) is 10.4. The zero-order valence-electron chi connectivity index (χ0n) is 15.2. The molecular weight excluding hydrogens is 367 g/mol. The van der Waals surface area contributed by atoms with Gasteiger partial charge in [-0.25, -0.2) is 12.8 Å². The summed E-state index contributed by atoms with van der Waals surface area (Å²) in [6, 6.07) is 11.6. The predicted octanol–water partition coefficient (Wildman–Crippen LogP) is 3.39. The summed E-state index contributed by atoms with van der Waals surface area (Å²) in [6.07, 6.45) is 3.98. The minimum atomic E-state index is -4.01. The zero-order valence-corrected chi connectivity index (χ0v) is 16.0. The summed E-state index contributed by atoms with van der Waals surface area (Å²) in [5.41, 5.74) is 1.37. The van der Waals surface area contributed by atoms with Crippen LogP contribution in [-0.4, -0.2) is 26.9 Å². The van der Waals surface area contributed by atoms with E-state index in [2.05, 4.69) is 5.32 Å². The average Bonchev–Trinajstić information content (AvgIpc) is 3.14. The maximum atomic E-state index is 13.2. The first kappa shape index (κ1) is 19.4. The number of benzene rings is 2. The van der Waals surface area contributed by atoms with Crippen molar-refractivity contribution in [1.82, 2.24) is 5.32 Å². The fourth-order valence-electron chi connectivity index (χ4n) is 3.23. The van der Waals surface area contributed by atoms with Crippen LogP contribution in [-0.2, 0) is 14.8 Å². The molecule has 1 N–H and O–H groups in total. The largest absolute Gasteiger partial charge is 0.352 e. The van der Waals surface area contributed by atoms with Crippen LogP contribution >= 0.6 is 0 Å². The minimum Gasteiger partial charge on any atom is -0.352 e. The van der Waals surface area contributed by atoms with Crippen LogP contribution in [0.3, 0.4) is 0 Å². The monoisotopic (exact) mass is 390 g/mol. The van der Waals surface area contributed by atoms with E-state index < -0.39 is 15.8 Å². The summed E-state index contributed by atoms with van der Waals surface area (Å²) in [5.74, 6) is -0.858. The Labute approximate surface area is 159 Å². The number of carbonyl (C=O) groups is 1. The molecule has 7 heteroatoms. The lowest BCUT2D eigenvalue weighted by molar-refractivity contribution is -0.120. The third kappa shape index (κ3) is 4.66. The Balaban J connectivity index is 1.90. The number of aryl methyl sites for hydroxylation is 1. The summed E-state index contributed by atoms with van der Waals surface area (Å²) in [6.45, 7) is 1.58. The number of hydrogen-bond acceptors (Lipinski definition) is 3. The second-order valence-corrected chi connectivity index (χ2v) is 8.71. The van der Waals surface area contributed by atoms with Gasteiger partial charge in [0.1, 0.15) is 12.4 Å². The molecule has 0 unspecified atom stereocenters. The summed E-state index contributed by atoms with van der Waals surface area (Å²) in [5, 5.41) is 2.92. The highest BCUT2D eigenvalue weighted by Gasteiger charge is 2.28. The molecule has 144 valence electrons. The molecule has 0 radical (unpaired) electrons. The number of rotatable bonds is 6. The number of nitrogens with one attached hydrogen (secondary N) is 1. The number of sulfonamides is 1. The van der Waals surface area contributed by atoms with Gasteiger partial charge < -0.3 is 5.32 Å². The van der Waals surface area contributed by atoms with Crippen molar-refractivity contribution in [3.63, 3.8) is 0 Å². The number of carbonyl (C=O) groups excluding carboxylic acids is 1. The molecule has 0 spiro atoms. The summed E-state index contributed by atoms with van der Waals surface area (Å²) in [4.78, 5) is 12.4. The Morgan fingerprint density at radius 3 is 2.26 bits per heavy atom. The number of amides is 1. The van der Waals surface area contributed by atoms with Crippen LogP contribution in [0.2, 0.25) is 0 Å². The number of hydrogen-bond donors (Lipinski definition) is 1. The van der Waals surface area contributed by atoms with E-state index >= 15 is 0 Å². The van der Waals surface area contributed by atoms with Crippen LogP contribution in [0.25, 0.3) is 0 Å². The van der Waals surface area contributed by atoms with Crippen molar-refractivity contribution in [2.75, 3.05) is 10.8 Å². The van der Waals surface area contributed by atoms with Crippen molar-refractivity contribution in [1.29, 1.82) is 0 Å². The summed E-state index contributed by atoms with van der Waals surface area (Å²) < 4.78 is 40.5. The van der Waals surface area contributed by atoms with E-state index in [4.69, 9.17) is 0 Å². The Morgan fingerprint density at radius 2 is 1.67 bits per heavy atom. The van der Waals surface area contributed by atoms with Crippen molar-refractivity contribution in [3.8, 4) is 0 Å². The highest BCUT2D eigenvalue weighted by Crippen LogP contribution is 2.24. The topological polar surface area (TPSA) is 66.5 Å². The van der Waals surface area contributed by atoms with E-state index in [1.54, 1.807) is 24.3 Å². The quantitative estimate of drug-likeness (QED) is 0.822. The van der Waals surface area contributed by atoms with Crippen molar-refractivity contribution in [2.45, 2.75) is 43.5 Å². The Morgan fingerprint density at radius 1 is 1.07 bits per heavy atom. The first-order valence-electron chi connectivity index (χ1n) is 9.00. The number of nitrogens with zero attached hydrogens (tertiary/aromatic N) is 1. The first-order chi connectivity index (χ1) is 12.9. The van der Waals surface area contributed by atoms with Crippen LogP contribution in [0.15, 0.2) is 53.4 Å². The maximum absolute atomic E-state index is 13.2. The van der Waals surface area contributed by atoms with Gasteiger partial charge in [0.2, 0.25) is 5.91 Å². The van der Waals surface area contributed by atoms with Crippen molar-refractivity contribution in [3.05, 3.63) is 59.9 Å². The fraction of sp³-hybridized carbons (Fsp3) is 0.350. The Bertz CT molecular complexity index is 890. The standard InChI is InChI=1S/C20H23FN2O3S/c1-15-6-10-18(11-7-15)23(14-20(24)22-17-4-2-3-5-17)27(25,26)19-12-8-16(21)9-13-19/h6-13,17H,2-5,14H2,1H3,(H,22,24). The van der Waals surface area contributed by atoms with Crippen molar-refractivity contribution in [2.24, 2.45) is 0 Å². The molecule has 3 rings (SSSR count). The Kier molecular flexibility index (Phi) is 5.79. The third-order valence-electron chi connectivity index (χ3n) is 4.73. The van der Waals surface area contributed by atoms with E-state index in [9.17, 15) is 17.6 Å². The van der Waals surface area contributed by atoms with E-state index in [1.165, 1.54) is 12.1 Å². The van der Waals surface area contributed by atoms with Gasteiger partial charge in [-0.15, -0.1) is 0 Å². The molecule has 2 aromatic carbocycles. The second kappa shape index (κ2) is 8.08. The lowest BCUT2D eigenvalue weighted by Crippen LogP contribution is -2.43. The fourth-order valence-corrected chi connectivity index (χ4v) is 4.65. The van der Waals surface area contributed by atoms with Crippen LogP contribution in [0, 0.1) is 12.7 Å². The molecule has 0 saturated heterocycles. The van der Waals surface area contributed by atoms with Crippen molar-refractivity contribution < 1.29 is 17.6 Å². The Hall–Kier alpha value is -2.41. The molecule has 27 heavy (non-hydrogen) atoms. The average molecular weight is 390 g/mol. The van der Waals surface area contributed by atoms with Gasteiger partial charge in [-0.3, -0.25) is 9.10 Å². The van der Waals surface area contributed by atoms with Gasteiger partial charge in [0, 0.05) is 6.04 Å². The third-order valence-corrected chi connectivity index (χ3v) is 6.52. The second-order valence-electron chi connectivity index (χ2n) is 6.85. The van der Waals surface area contributed by atoms with Gasteiger partial charge in [0.25, 0.3) is 10.0 Å². The molecule has 2 aromatic rings. The minimum absolute atomic E-state index is 0.0573. The SMILES string of the molecule is Cc1ccc(N(CC(=O)NC2CCCC2)S(=O)(=O)c2ccc(F)cc2)cc1. The van der Waals surface area contributed by atoms with E-state index in [-0.39, 0.29) is 23.4 Å². The van der Waals surface area contributed by atoms with Gasteiger partial charge in [0.15, 0.2) is 0 Å². The van der Waals surface area contributed by atoms with Crippen LogP contribution in [0.1, 0.15) is 31.2 Å². The van der Waals surface area contributed by atoms with Gasteiger partial charge in [-0.05, 0) is 56.2 Å². The summed E-state index contributed by atoms with van der Waals surface area (Å²) in [7, 11) is -4.01. The van der Waals surface area contributed by atoms with Crippen LogP contribution < -0.4 is 9.62 Å². The van der Waals surface area contributed by atoms with E-state index in [0.717, 1.165) is 47.7 Å².